The summed E-state index contributed by atoms with van der Waals surface area (Å²) in [5, 5.41) is 6.12. The van der Waals surface area contributed by atoms with E-state index in [1.54, 1.807) is 0 Å². The summed E-state index contributed by atoms with van der Waals surface area (Å²) < 4.78 is 40.5. The molecule has 0 fully saturated rings. The molecule has 0 bridgehead atoms. The van der Waals surface area contributed by atoms with Gasteiger partial charge in [-0.2, -0.15) is 5.10 Å². The Labute approximate surface area is 137 Å². The van der Waals surface area contributed by atoms with E-state index >= 15 is 0 Å². The minimum Gasteiger partial charge on any atom is -0.406 e. The Morgan fingerprint density at radius 3 is 2.83 bits per heavy atom. The van der Waals surface area contributed by atoms with Crippen molar-refractivity contribution in [3.8, 4) is 5.75 Å². The zero-order valence-electron chi connectivity index (χ0n) is 11.9. The third-order valence-corrected chi connectivity index (χ3v) is 3.78. The number of carbonyl (C=O) groups is 1. The van der Waals surface area contributed by atoms with Crippen LogP contribution in [0.1, 0.15) is 15.4 Å². The smallest absolute Gasteiger partial charge is 0.406 e. The summed E-state index contributed by atoms with van der Waals surface area (Å²) in [5.41, 5.74) is 3.03. The van der Waals surface area contributed by atoms with Crippen LogP contribution >= 0.6 is 11.3 Å². The van der Waals surface area contributed by atoms with E-state index < -0.39 is 12.3 Å². The first-order valence-electron chi connectivity index (χ1n) is 6.66. The number of nitrogens with one attached hydrogen (secondary N) is 2. The van der Waals surface area contributed by atoms with Crippen LogP contribution in [-0.4, -0.2) is 23.5 Å². The van der Waals surface area contributed by atoms with Gasteiger partial charge < -0.3 is 9.72 Å². The summed E-state index contributed by atoms with van der Waals surface area (Å²) in [6.45, 7) is 0. The second kappa shape index (κ2) is 6.36. The quantitative estimate of drug-likeness (QED) is 0.552. The molecule has 0 spiro atoms. The van der Waals surface area contributed by atoms with Crippen molar-refractivity contribution in [2.75, 3.05) is 0 Å². The number of thiophene rings is 1. The number of carbonyl (C=O) groups excluding carboxylic acids is 1. The number of hydrazone groups is 1. The van der Waals surface area contributed by atoms with Crippen LogP contribution < -0.4 is 10.2 Å². The van der Waals surface area contributed by atoms with Gasteiger partial charge in [0.05, 0.1) is 6.21 Å². The average molecular weight is 353 g/mol. The second-order valence-corrected chi connectivity index (χ2v) is 5.67. The number of benzene rings is 1. The molecule has 0 saturated heterocycles. The SMILES string of the molecule is O=C(N/N=C/c1cccs1)c1cc2cc(OC(F)(F)F)ccc2[nH]1. The first kappa shape index (κ1) is 16.1. The highest BCUT2D eigenvalue weighted by Crippen LogP contribution is 2.26. The summed E-state index contributed by atoms with van der Waals surface area (Å²) in [4.78, 5) is 15.7. The number of nitrogens with zero attached hydrogens (tertiary/aromatic N) is 1. The molecule has 2 N–H and O–H groups in total. The van der Waals surface area contributed by atoms with Crippen molar-refractivity contribution in [2.45, 2.75) is 6.36 Å². The predicted octanol–water partition coefficient (Wildman–Crippen LogP) is 3.89. The molecule has 0 saturated carbocycles. The van der Waals surface area contributed by atoms with Crippen molar-refractivity contribution < 1.29 is 22.7 Å². The first-order chi connectivity index (χ1) is 11.4. The molecule has 2 heterocycles. The van der Waals surface area contributed by atoms with Crippen LogP contribution in [0, 0.1) is 0 Å². The fraction of sp³-hybridized carbons (Fsp3) is 0.0667. The lowest BCUT2D eigenvalue weighted by atomic mass is 10.2. The van der Waals surface area contributed by atoms with Crippen molar-refractivity contribution in [2.24, 2.45) is 5.10 Å². The van der Waals surface area contributed by atoms with Gasteiger partial charge in [0, 0.05) is 15.8 Å². The van der Waals surface area contributed by atoms with E-state index in [-0.39, 0.29) is 11.4 Å². The van der Waals surface area contributed by atoms with Gasteiger partial charge >= 0.3 is 6.36 Å². The third-order valence-electron chi connectivity index (χ3n) is 2.97. The predicted molar refractivity (Wildman–Crippen MR) is 84.4 cm³/mol. The Bertz CT molecular complexity index is 885. The first-order valence-corrected chi connectivity index (χ1v) is 7.54. The van der Waals surface area contributed by atoms with Gasteiger partial charge in [0.1, 0.15) is 11.4 Å². The van der Waals surface area contributed by atoms with Crippen LogP contribution in [0.15, 0.2) is 46.9 Å². The Morgan fingerprint density at radius 2 is 2.12 bits per heavy atom. The summed E-state index contributed by atoms with van der Waals surface area (Å²) in [7, 11) is 0. The molecule has 124 valence electrons. The largest absolute Gasteiger partial charge is 0.573 e. The van der Waals surface area contributed by atoms with Crippen LogP contribution in [0.3, 0.4) is 0 Å². The zero-order valence-corrected chi connectivity index (χ0v) is 12.7. The van der Waals surface area contributed by atoms with Gasteiger partial charge in [-0.25, -0.2) is 5.43 Å². The minimum atomic E-state index is -4.76. The minimum absolute atomic E-state index is 0.178. The van der Waals surface area contributed by atoms with Crippen molar-refractivity contribution in [1.82, 2.24) is 10.4 Å². The summed E-state index contributed by atoms with van der Waals surface area (Å²) in [6, 6.07) is 8.89. The molecule has 3 aromatic rings. The van der Waals surface area contributed by atoms with E-state index in [0.717, 1.165) is 4.88 Å². The molecule has 0 aliphatic rings. The maximum atomic E-state index is 12.2. The van der Waals surface area contributed by atoms with Crippen molar-refractivity contribution in [3.63, 3.8) is 0 Å². The summed E-state index contributed by atoms with van der Waals surface area (Å²) in [6.07, 6.45) is -3.26. The number of hydrogen-bond acceptors (Lipinski definition) is 4. The van der Waals surface area contributed by atoms with Gasteiger partial charge in [0.15, 0.2) is 0 Å². The highest BCUT2D eigenvalue weighted by molar-refractivity contribution is 7.11. The Balaban J connectivity index is 1.73. The van der Waals surface area contributed by atoms with Crippen LogP contribution in [-0.2, 0) is 0 Å². The number of aromatic amines is 1. The van der Waals surface area contributed by atoms with E-state index in [4.69, 9.17) is 0 Å². The zero-order chi connectivity index (χ0) is 17.2. The van der Waals surface area contributed by atoms with Crippen LogP contribution in [0.4, 0.5) is 13.2 Å². The number of halogens is 3. The van der Waals surface area contributed by atoms with Gasteiger partial charge in [0.25, 0.3) is 5.91 Å². The van der Waals surface area contributed by atoms with Crippen LogP contribution in [0.5, 0.6) is 5.75 Å². The highest BCUT2D eigenvalue weighted by atomic mass is 32.1. The van der Waals surface area contributed by atoms with Crippen molar-refractivity contribution >= 4 is 34.4 Å². The van der Waals surface area contributed by atoms with Crippen molar-refractivity contribution in [3.05, 3.63) is 52.3 Å². The molecule has 9 heteroatoms. The Morgan fingerprint density at radius 1 is 1.29 bits per heavy atom. The number of fused-ring (bicyclic) bond motifs is 1. The Kier molecular flexibility index (Phi) is 4.26. The maximum absolute atomic E-state index is 12.2. The molecule has 2 aromatic heterocycles. The lowest BCUT2D eigenvalue weighted by Gasteiger charge is -2.08. The van der Waals surface area contributed by atoms with Gasteiger partial charge in [-0.15, -0.1) is 24.5 Å². The number of rotatable bonds is 4. The topological polar surface area (TPSA) is 66.5 Å². The van der Waals surface area contributed by atoms with Gasteiger partial charge in [-0.1, -0.05) is 6.07 Å². The normalized spacial score (nSPS) is 12.0. The van der Waals surface area contributed by atoms with E-state index in [0.29, 0.717) is 10.9 Å². The molecule has 0 aliphatic carbocycles. The lowest BCUT2D eigenvalue weighted by Crippen LogP contribution is -2.17. The fourth-order valence-corrected chi connectivity index (χ4v) is 2.59. The van der Waals surface area contributed by atoms with Crippen LogP contribution in [0.2, 0.25) is 0 Å². The molecule has 0 aliphatic heterocycles. The monoisotopic (exact) mass is 353 g/mol. The highest BCUT2D eigenvalue weighted by Gasteiger charge is 2.31. The summed E-state index contributed by atoms with van der Waals surface area (Å²) >= 11 is 1.47. The molecule has 5 nitrogen and oxygen atoms in total. The van der Waals surface area contributed by atoms with E-state index in [9.17, 15) is 18.0 Å². The lowest BCUT2D eigenvalue weighted by molar-refractivity contribution is -0.274. The number of H-pyrrole nitrogens is 1. The molecular weight excluding hydrogens is 343 g/mol. The number of alkyl halides is 3. The van der Waals surface area contributed by atoms with Crippen molar-refractivity contribution in [1.29, 1.82) is 0 Å². The van der Waals surface area contributed by atoms with Gasteiger partial charge in [-0.3, -0.25) is 4.79 Å². The average Bonchev–Trinajstić information content (AvgIpc) is 3.13. The van der Waals surface area contributed by atoms with E-state index in [1.807, 2.05) is 17.5 Å². The van der Waals surface area contributed by atoms with Crippen LogP contribution in [0.25, 0.3) is 10.9 Å². The number of amides is 1. The number of ether oxygens (including phenoxy) is 1. The Hall–Kier alpha value is -2.81. The molecule has 0 unspecified atom stereocenters. The van der Waals surface area contributed by atoms with E-state index in [2.05, 4.69) is 20.2 Å². The molecule has 0 atom stereocenters. The fourth-order valence-electron chi connectivity index (χ4n) is 2.01. The number of hydrogen-bond donors (Lipinski definition) is 2. The van der Waals surface area contributed by atoms with E-state index in [1.165, 1.54) is 41.8 Å². The summed E-state index contributed by atoms with van der Waals surface area (Å²) in [5.74, 6) is -0.853. The molecule has 1 aromatic carbocycles. The molecule has 1 amide bonds. The molecule has 0 radical (unpaired) electrons. The molecular formula is C15H10F3N3O2S. The van der Waals surface area contributed by atoms with Gasteiger partial charge in [-0.05, 0) is 35.7 Å². The molecule has 24 heavy (non-hydrogen) atoms. The molecule has 3 rings (SSSR count). The maximum Gasteiger partial charge on any atom is 0.573 e. The second-order valence-electron chi connectivity index (χ2n) is 4.69. The van der Waals surface area contributed by atoms with Gasteiger partial charge in [0.2, 0.25) is 0 Å². The standard InChI is InChI=1S/C15H10F3N3O2S/c16-15(17,18)23-10-3-4-12-9(6-10)7-13(20-12)14(22)21-19-8-11-2-1-5-24-11/h1-8,20H,(H,21,22)/b19-8+. The number of aromatic nitrogens is 1. The third kappa shape index (κ3) is 3.93.